The van der Waals surface area contributed by atoms with Gasteiger partial charge in [-0.3, -0.25) is 4.79 Å². The van der Waals surface area contributed by atoms with Crippen molar-refractivity contribution in [1.82, 2.24) is 10.2 Å². The molecule has 0 aromatic heterocycles. The van der Waals surface area contributed by atoms with Gasteiger partial charge in [-0.2, -0.15) is 0 Å². The van der Waals surface area contributed by atoms with Crippen LogP contribution in [-0.4, -0.2) is 36.5 Å². The Balaban J connectivity index is 1.89. The summed E-state index contributed by atoms with van der Waals surface area (Å²) in [6, 6.07) is 0.351. The molecule has 0 radical (unpaired) electrons. The van der Waals surface area contributed by atoms with E-state index in [1.807, 2.05) is 20.8 Å². The van der Waals surface area contributed by atoms with Gasteiger partial charge in [0.15, 0.2) is 0 Å². The highest BCUT2D eigenvalue weighted by Crippen LogP contribution is 2.37. The van der Waals surface area contributed by atoms with E-state index >= 15 is 0 Å². The number of amides is 1. The van der Waals surface area contributed by atoms with Crippen molar-refractivity contribution in [3.63, 3.8) is 0 Å². The molecule has 1 saturated carbocycles. The van der Waals surface area contributed by atoms with E-state index in [1.54, 1.807) is 0 Å². The summed E-state index contributed by atoms with van der Waals surface area (Å²) >= 11 is 0. The Hall–Kier alpha value is -0.570. The highest BCUT2D eigenvalue weighted by molar-refractivity contribution is 5.81. The lowest BCUT2D eigenvalue weighted by molar-refractivity contribution is -0.129. The van der Waals surface area contributed by atoms with Crippen molar-refractivity contribution in [3.05, 3.63) is 0 Å². The van der Waals surface area contributed by atoms with Crippen LogP contribution in [-0.2, 0) is 4.79 Å². The van der Waals surface area contributed by atoms with Gasteiger partial charge in [-0.1, -0.05) is 40.5 Å². The number of likely N-dealkylation sites (N-methyl/N-ethyl adjacent to an activating group) is 1. The third-order valence-electron chi connectivity index (χ3n) is 4.44. The second-order valence-electron chi connectivity index (χ2n) is 7.55. The molecule has 19 heavy (non-hydrogen) atoms. The molecule has 110 valence electrons. The first-order chi connectivity index (χ1) is 8.88. The van der Waals surface area contributed by atoms with E-state index in [9.17, 15) is 4.79 Å². The first-order valence-corrected chi connectivity index (χ1v) is 7.91. The molecule has 1 saturated heterocycles. The van der Waals surface area contributed by atoms with Crippen LogP contribution in [0.25, 0.3) is 0 Å². The van der Waals surface area contributed by atoms with Gasteiger partial charge in [0.2, 0.25) is 5.91 Å². The molecular weight excluding hydrogens is 236 g/mol. The van der Waals surface area contributed by atoms with Crippen LogP contribution in [0.1, 0.15) is 53.4 Å². The van der Waals surface area contributed by atoms with Crippen molar-refractivity contribution >= 4 is 5.91 Å². The van der Waals surface area contributed by atoms with Crippen molar-refractivity contribution in [1.29, 1.82) is 0 Å². The Kier molecular flexibility index (Phi) is 4.54. The number of nitrogens with one attached hydrogen (secondary N) is 1. The highest BCUT2D eigenvalue weighted by atomic mass is 16.2. The summed E-state index contributed by atoms with van der Waals surface area (Å²) in [4.78, 5) is 14.6. The fraction of sp³-hybridized carbons (Fsp3) is 0.938. The molecule has 2 fully saturated rings. The number of carbonyl (C=O) groups is 1. The second-order valence-corrected chi connectivity index (χ2v) is 7.55. The van der Waals surface area contributed by atoms with E-state index in [2.05, 4.69) is 17.1 Å². The van der Waals surface area contributed by atoms with E-state index in [0.29, 0.717) is 6.04 Å². The average molecular weight is 266 g/mol. The van der Waals surface area contributed by atoms with E-state index in [-0.39, 0.29) is 11.3 Å². The third-order valence-corrected chi connectivity index (χ3v) is 4.44. The van der Waals surface area contributed by atoms with Crippen molar-refractivity contribution in [2.24, 2.45) is 17.3 Å². The summed E-state index contributed by atoms with van der Waals surface area (Å²) in [5.74, 6) is 1.97. The van der Waals surface area contributed by atoms with Crippen LogP contribution in [0, 0.1) is 17.3 Å². The molecule has 2 unspecified atom stereocenters. The van der Waals surface area contributed by atoms with Crippen molar-refractivity contribution < 1.29 is 4.79 Å². The number of hydrogen-bond acceptors (Lipinski definition) is 2. The fourth-order valence-electron chi connectivity index (χ4n) is 3.06. The molecule has 0 aromatic carbocycles. The summed E-state index contributed by atoms with van der Waals surface area (Å²) in [5, 5.41) is 3.27. The molecule has 0 bridgehead atoms. The molecule has 1 aliphatic carbocycles. The molecule has 1 N–H and O–H groups in total. The topological polar surface area (TPSA) is 32.3 Å². The maximum Gasteiger partial charge on any atom is 0.225 e. The van der Waals surface area contributed by atoms with E-state index in [4.69, 9.17) is 0 Å². The highest BCUT2D eigenvalue weighted by Gasteiger charge is 2.33. The minimum atomic E-state index is -0.277. The van der Waals surface area contributed by atoms with E-state index in [0.717, 1.165) is 24.9 Å². The summed E-state index contributed by atoms with van der Waals surface area (Å²) in [6.07, 6.45) is 5.41. The summed E-state index contributed by atoms with van der Waals surface area (Å²) in [7, 11) is 0. The number of hydrogen-bond donors (Lipinski definition) is 1. The Morgan fingerprint density at radius 3 is 2.42 bits per heavy atom. The normalized spacial score (nSPS) is 29.3. The minimum Gasteiger partial charge on any atom is -0.352 e. The number of rotatable bonds is 4. The van der Waals surface area contributed by atoms with Gasteiger partial charge in [-0.05, 0) is 31.2 Å². The maximum absolute atomic E-state index is 12.1. The number of piperidine rings is 1. The van der Waals surface area contributed by atoms with Gasteiger partial charge in [0.05, 0.1) is 0 Å². The zero-order valence-corrected chi connectivity index (χ0v) is 13.0. The van der Waals surface area contributed by atoms with Crippen molar-refractivity contribution in [2.75, 3.05) is 19.6 Å². The molecule has 2 atom stereocenters. The van der Waals surface area contributed by atoms with Crippen LogP contribution in [0.2, 0.25) is 0 Å². The number of likely N-dealkylation sites (tertiary alicyclic amines) is 1. The molecular formula is C16H30N2O. The third kappa shape index (κ3) is 4.48. The summed E-state index contributed by atoms with van der Waals surface area (Å²) in [6.45, 7) is 11.6. The average Bonchev–Trinajstić information content (AvgIpc) is 3.11. The molecule has 3 heteroatoms. The zero-order valence-electron chi connectivity index (χ0n) is 13.0. The predicted octanol–water partition coefficient (Wildman–Crippen LogP) is 2.66. The Labute approximate surface area is 118 Å². The van der Waals surface area contributed by atoms with Gasteiger partial charge in [0.25, 0.3) is 0 Å². The molecule has 0 spiro atoms. The molecule has 1 aliphatic heterocycles. The van der Waals surface area contributed by atoms with Crippen molar-refractivity contribution in [3.8, 4) is 0 Å². The Morgan fingerprint density at radius 2 is 1.89 bits per heavy atom. The van der Waals surface area contributed by atoms with Gasteiger partial charge in [-0.25, -0.2) is 0 Å². The monoisotopic (exact) mass is 266 g/mol. The fourth-order valence-corrected chi connectivity index (χ4v) is 3.06. The lowest BCUT2D eigenvalue weighted by Crippen LogP contribution is -2.52. The zero-order chi connectivity index (χ0) is 14.0. The van der Waals surface area contributed by atoms with E-state index in [1.165, 1.54) is 32.2 Å². The largest absolute Gasteiger partial charge is 0.352 e. The van der Waals surface area contributed by atoms with Gasteiger partial charge < -0.3 is 10.2 Å². The lowest BCUT2D eigenvalue weighted by atomic mass is 9.88. The first-order valence-electron chi connectivity index (χ1n) is 7.91. The minimum absolute atomic E-state index is 0.195. The van der Waals surface area contributed by atoms with Crippen LogP contribution < -0.4 is 5.32 Å². The molecule has 2 rings (SSSR count). The van der Waals surface area contributed by atoms with Crippen LogP contribution >= 0.6 is 0 Å². The van der Waals surface area contributed by atoms with Crippen LogP contribution in [0.15, 0.2) is 0 Å². The smallest absolute Gasteiger partial charge is 0.225 e. The first kappa shape index (κ1) is 14.8. The van der Waals surface area contributed by atoms with Gasteiger partial charge in [0, 0.05) is 24.5 Å². The van der Waals surface area contributed by atoms with Gasteiger partial charge in [0.1, 0.15) is 0 Å². The quantitative estimate of drug-likeness (QED) is 0.848. The second kappa shape index (κ2) is 5.82. The molecule has 1 amide bonds. The summed E-state index contributed by atoms with van der Waals surface area (Å²) < 4.78 is 0. The summed E-state index contributed by atoms with van der Waals surface area (Å²) in [5.41, 5.74) is -0.277. The van der Waals surface area contributed by atoms with Gasteiger partial charge >= 0.3 is 0 Å². The number of nitrogens with zero attached hydrogens (tertiary/aromatic N) is 1. The molecule has 3 nitrogen and oxygen atoms in total. The lowest BCUT2D eigenvalue weighted by Gasteiger charge is -2.38. The molecule has 0 aromatic rings. The number of carbonyl (C=O) groups excluding carboxylic acids is 1. The van der Waals surface area contributed by atoms with E-state index < -0.39 is 0 Å². The van der Waals surface area contributed by atoms with Gasteiger partial charge in [-0.15, -0.1) is 0 Å². The van der Waals surface area contributed by atoms with Crippen LogP contribution in [0.4, 0.5) is 0 Å². The molecule has 1 heterocycles. The maximum atomic E-state index is 12.1. The SMILES string of the molecule is CCN1CC(CC2CC2)CC(NC(=O)C(C)(C)C)C1. The van der Waals surface area contributed by atoms with Crippen LogP contribution in [0.3, 0.4) is 0 Å². The standard InChI is InChI=1S/C16H30N2O/c1-5-18-10-13(8-12-6-7-12)9-14(11-18)17-15(19)16(2,3)4/h12-14H,5-11H2,1-4H3,(H,17,19). The van der Waals surface area contributed by atoms with Crippen molar-refractivity contribution in [2.45, 2.75) is 59.4 Å². The predicted molar refractivity (Wildman–Crippen MR) is 78.9 cm³/mol. The Morgan fingerprint density at radius 1 is 1.21 bits per heavy atom. The Bertz CT molecular complexity index is 317. The van der Waals surface area contributed by atoms with Crippen LogP contribution in [0.5, 0.6) is 0 Å². The molecule has 2 aliphatic rings.